The van der Waals surface area contributed by atoms with Crippen LogP contribution < -0.4 is 15.0 Å². The molecule has 196 valence electrons. The van der Waals surface area contributed by atoms with Crippen LogP contribution in [0.25, 0.3) is 10.9 Å². The van der Waals surface area contributed by atoms with E-state index in [1.807, 2.05) is 19.9 Å². The van der Waals surface area contributed by atoms with Crippen molar-refractivity contribution in [2.75, 3.05) is 7.11 Å². The van der Waals surface area contributed by atoms with Crippen LogP contribution in [0.2, 0.25) is 0 Å². The van der Waals surface area contributed by atoms with Gasteiger partial charge in [0.15, 0.2) is 5.75 Å². The zero-order valence-corrected chi connectivity index (χ0v) is 22.4. The molecule has 1 aromatic heterocycles. The highest BCUT2D eigenvalue weighted by Gasteiger charge is 2.23. The lowest BCUT2D eigenvalue weighted by molar-refractivity contribution is -0.386. The van der Waals surface area contributed by atoms with Crippen molar-refractivity contribution in [1.29, 1.82) is 0 Å². The summed E-state index contributed by atoms with van der Waals surface area (Å²) < 4.78 is 26.5. The summed E-state index contributed by atoms with van der Waals surface area (Å²) in [6, 6.07) is 13.8. The molecule has 3 aromatic carbocycles. The summed E-state index contributed by atoms with van der Waals surface area (Å²) in [5.41, 5.74) is 0.635. The highest BCUT2D eigenvalue weighted by molar-refractivity contribution is 9.10. The summed E-state index contributed by atoms with van der Waals surface area (Å²) in [7, 11) is 1.35. The lowest BCUT2D eigenvalue weighted by Gasteiger charge is -2.14. The number of benzene rings is 3. The van der Waals surface area contributed by atoms with Gasteiger partial charge in [-0.1, -0.05) is 41.9 Å². The van der Waals surface area contributed by atoms with Crippen LogP contribution >= 0.6 is 15.9 Å². The van der Waals surface area contributed by atoms with Gasteiger partial charge in [-0.05, 0) is 48.4 Å². The Morgan fingerprint density at radius 2 is 2.03 bits per heavy atom. The Hall–Kier alpha value is -4.12. The van der Waals surface area contributed by atoms with Crippen molar-refractivity contribution in [1.82, 2.24) is 9.66 Å². The predicted octanol–water partition coefficient (Wildman–Crippen LogP) is 6.19. The molecule has 0 aliphatic heterocycles. The number of methoxy groups -OCH3 is 1. The molecule has 0 amide bonds. The van der Waals surface area contributed by atoms with Crippen molar-refractivity contribution < 1.29 is 18.8 Å². The number of fused-ring (bicyclic) bond motifs is 1. The van der Waals surface area contributed by atoms with Gasteiger partial charge >= 0.3 is 5.69 Å². The average Bonchev–Trinajstić information content (AvgIpc) is 2.90. The summed E-state index contributed by atoms with van der Waals surface area (Å²) in [5, 5.41) is 16.6. The molecule has 9 nitrogen and oxygen atoms in total. The minimum Gasteiger partial charge on any atom is -0.493 e. The molecule has 4 rings (SSSR count). The molecular formula is C27H24BrFN4O5. The van der Waals surface area contributed by atoms with Crippen molar-refractivity contribution in [2.45, 2.75) is 32.8 Å². The van der Waals surface area contributed by atoms with Gasteiger partial charge in [0, 0.05) is 22.0 Å². The molecule has 0 spiro atoms. The number of ether oxygens (including phenoxy) is 2. The molecule has 0 aliphatic carbocycles. The lowest BCUT2D eigenvalue weighted by Crippen LogP contribution is -2.23. The highest BCUT2D eigenvalue weighted by Crippen LogP contribution is 2.38. The van der Waals surface area contributed by atoms with E-state index < -0.39 is 10.7 Å². The molecule has 0 bridgehead atoms. The third-order valence-electron chi connectivity index (χ3n) is 5.96. The Morgan fingerprint density at radius 1 is 1.24 bits per heavy atom. The Morgan fingerprint density at radius 3 is 2.71 bits per heavy atom. The summed E-state index contributed by atoms with van der Waals surface area (Å²) in [4.78, 5) is 29.3. The monoisotopic (exact) mass is 582 g/mol. The topological polar surface area (TPSA) is 109 Å². The number of nitro groups is 1. The second kappa shape index (κ2) is 11.5. The van der Waals surface area contributed by atoms with Gasteiger partial charge in [-0.15, -0.1) is 0 Å². The second-order valence-electron chi connectivity index (χ2n) is 8.55. The second-order valence-corrected chi connectivity index (χ2v) is 9.47. The molecule has 38 heavy (non-hydrogen) atoms. The third-order valence-corrected chi connectivity index (χ3v) is 6.45. The number of halogens is 2. The maximum Gasteiger partial charge on any atom is 0.315 e. The van der Waals surface area contributed by atoms with Crippen LogP contribution in [-0.2, 0) is 6.61 Å². The van der Waals surface area contributed by atoms with Crippen LogP contribution in [0, 0.1) is 15.9 Å². The third kappa shape index (κ3) is 5.72. The molecule has 1 heterocycles. The molecule has 0 aliphatic rings. The fraction of sp³-hybridized carbons (Fsp3) is 0.222. The maximum atomic E-state index is 13.5. The van der Waals surface area contributed by atoms with Gasteiger partial charge in [0.2, 0.25) is 5.75 Å². The molecule has 0 saturated carbocycles. The average molecular weight is 583 g/mol. The van der Waals surface area contributed by atoms with E-state index in [-0.39, 0.29) is 35.3 Å². The molecule has 0 N–H and O–H groups in total. The van der Waals surface area contributed by atoms with Gasteiger partial charge in [0.1, 0.15) is 18.2 Å². The molecule has 11 heteroatoms. The smallest absolute Gasteiger partial charge is 0.315 e. The van der Waals surface area contributed by atoms with E-state index in [0.717, 1.165) is 10.9 Å². The van der Waals surface area contributed by atoms with Gasteiger partial charge in [-0.3, -0.25) is 14.9 Å². The predicted molar refractivity (Wildman–Crippen MR) is 146 cm³/mol. The van der Waals surface area contributed by atoms with Gasteiger partial charge in [-0.2, -0.15) is 9.78 Å². The van der Waals surface area contributed by atoms with E-state index in [4.69, 9.17) is 9.47 Å². The molecule has 4 aromatic rings. The fourth-order valence-electron chi connectivity index (χ4n) is 3.80. The maximum absolute atomic E-state index is 13.5. The highest BCUT2D eigenvalue weighted by atomic mass is 79.9. The van der Waals surface area contributed by atoms with Gasteiger partial charge in [0.25, 0.3) is 5.56 Å². The van der Waals surface area contributed by atoms with Crippen LogP contribution in [0.4, 0.5) is 10.1 Å². The van der Waals surface area contributed by atoms with Crippen molar-refractivity contribution in [3.63, 3.8) is 0 Å². The minimum absolute atomic E-state index is 0.0737. The molecule has 0 unspecified atom stereocenters. The van der Waals surface area contributed by atoms with Crippen molar-refractivity contribution in [2.24, 2.45) is 5.10 Å². The van der Waals surface area contributed by atoms with E-state index in [2.05, 4.69) is 26.0 Å². The Kier molecular flexibility index (Phi) is 8.16. The lowest BCUT2D eigenvalue weighted by atomic mass is 10.1. The van der Waals surface area contributed by atoms with Crippen LogP contribution in [0.1, 0.15) is 43.1 Å². The first-order valence-corrected chi connectivity index (χ1v) is 12.5. The normalized spacial score (nSPS) is 12.1. The van der Waals surface area contributed by atoms with E-state index in [1.165, 1.54) is 48.3 Å². The van der Waals surface area contributed by atoms with Crippen LogP contribution in [-0.4, -0.2) is 27.9 Å². The summed E-state index contributed by atoms with van der Waals surface area (Å²) in [6.07, 6.45) is 2.06. The van der Waals surface area contributed by atoms with Gasteiger partial charge < -0.3 is 9.47 Å². The van der Waals surface area contributed by atoms with E-state index in [0.29, 0.717) is 27.9 Å². The summed E-state index contributed by atoms with van der Waals surface area (Å²) in [6.45, 7) is 3.82. The number of rotatable bonds is 9. The van der Waals surface area contributed by atoms with Gasteiger partial charge in [-0.25, -0.2) is 9.37 Å². The van der Waals surface area contributed by atoms with E-state index in [1.54, 1.807) is 18.2 Å². The first-order chi connectivity index (χ1) is 18.2. The first kappa shape index (κ1) is 26.9. The van der Waals surface area contributed by atoms with Crippen molar-refractivity contribution in [3.8, 4) is 11.5 Å². The number of aromatic nitrogens is 2. The standard InChI is InChI=1S/C27H24BrFN4O5/c1-4-16(2)26-31-22-9-8-19(28)13-21(22)27(34)32(26)30-14-18-11-23(33(35)36)25(24(12-18)37-3)38-15-17-6-5-7-20(29)10-17/h5-14,16H,4,15H2,1-3H3/t16-/m1/s1. The fourth-order valence-corrected chi connectivity index (χ4v) is 4.16. The number of nitrogens with zero attached hydrogens (tertiary/aromatic N) is 4. The Bertz CT molecular complexity index is 1600. The van der Waals surface area contributed by atoms with Crippen LogP contribution in [0.5, 0.6) is 11.5 Å². The summed E-state index contributed by atoms with van der Waals surface area (Å²) >= 11 is 3.38. The Labute approximate surface area is 225 Å². The van der Waals surface area contributed by atoms with Crippen molar-refractivity contribution in [3.05, 3.63) is 102 Å². The minimum atomic E-state index is -0.605. The molecule has 0 fully saturated rings. The zero-order valence-electron chi connectivity index (χ0n) is 20.9. The molecule has 0 saturated heterocycles. The molecule has 1 atom stereocenters. The number of hydrogen-bond acceptors (Lipinski definition) is 7. The number of hydrogen-bond donors (Lipinski definition) is 0. The van der Waals surface area contributed by atoms with Crippen molar-refractivity contribution >= 4 is 38.7 Å². The SMILES string of the molecule is CC[C@@H](C)c1nc2ccc(Br)cc2c(=O)n1N=Cc1cc(OC)c(OCc2cccc(F)c2)c([N+](=O)[O-])c1. The van der Waals surface area contributed by atoms with Crippen LogP contribution in [0.3, 0.4) is 0 Å². The first-order valence-electron chi connectivity index (χ1n) is 11.7. The van der Waals surface area contributed by atoms with Gasteiger partial charge in [0.05, 0.1) is 29.2 Å². The quantitative estimate of drug-likeness (QED) is 0.132. The zero-order chi connectivity index (χ0) is 27.4. The summed E-state index contributed by atoms with van der Waals surface area (Å²) in [5.74, 6) is -0.0576. The number of nitro benzene ring substituents is 1. The van der Waals surface area contributed by atoms with E-state index >= 15 is 0 Å². The van der Waals surface area contributed by atoms with Crippen LogP contribution in [0.15, 0.2) is 69.0 Å². The largest absolute Gasteiger partial charge is 0.493 e. The molecular weight excluding hydrogens is 559 g/mol. The van der Waals surface area contributed by atoms with E-state index in [9.17, 15) is 19.3 Å². The molecule has 0 radical (unpaired) electrons. The Balaban J connectivity index is 1.77.